The van der Waals surface area contributed by atoms with E-state index in [0.29, 0.717) is 12.2 Å². The molecule has 0 atom stereocenters. The molecule has 1 amide bonds. The average molecular weight is 282 g/mol. The van der Waals surface area contributed by atoms with E-state index < -0.39 is 0 Å². The first-order valence-corrected chi connectivity index (χ1v) is 7.28. The van der Waals surface area contributed by atoms with Crippen LogP contribution in [0.15, 0.2) is 42.5 Å². The van der Waals surface area contributed by atoms with Crippen LogP contribution in [0.25, 0.3) is 0 Å². The number of aryl methyl sites for hydroxylation is 2. The van der Waals surface area contributed by atoms with E-state index in [0.717, 1.165) is 28.8 Å². The normalized spacial score (nSPS) is 10.4. The second-order valence-corrected chi connectivity index (χ2v) is 5.33. The lowest BCUT2D eigenvalue weighted by atomic mass is 10.0. The topological polar surface area (TPSA) is 46.3 Å². The van der Waals surface area contributed by atoms with Crippen LogP contribution in [0.1, 0.15) is 34.8 Å². The minimum atomic E-state index is 0.00671. The lowest BCUT2D eigenvalue weighted by molar-refractivity contribution is 0.0986. The van der Waals surface area contributed by atoms with Crippen LogP contribution in [-0.4, -0.2) is 12.5 Å². The predicted molar refractivity (Wildman–Crippen MR) is 88.7 cm³/mol. The van der Waals surface area contributed by atoms with Crippen molar-refractivity contribution in [1.82, 2.24) is 0 Å². The fourth-order valence-electron chi connectivity index (χ4n) is 2.49. The molecule has 2 N–H and O–H groups in total. The van der Waals surface area contributed by atoms with Gasteiger partial charge in [-0.05, 0) is 44.0 Å². The SMILES string of the molecule is CCCN(C(=O)c1ccc(C)cc1C)c1ccccc1N. The second kappa shape index (κ2) is 6.44. The molecule has 0 heterocycles. The highest BCUT2D eigenvalue weighted by molar-refractivity contribution is 6.08. The Morgan fingerprint density at radius 3 is 2.48 bits per heavy atom. The fraction of sp³-hybridized carbons (Fsp3) is 0.278. The Labute approximate surface area is 126 Å². The predicted octanol–water partition coefficient (Wildman–Crippen LogP) is 3.94. The summed E-state index contributed by atoms with van der Waals surface area (Å²) in [6.45, 7) is 6.71. The summed E-state index contributed by atoms with van der Waals surface area (Å²) >= 11 is 0. The molecule has 0 bridgehead atoms. The molecule has 0 radical (unpaired) electrons. The number of anilines is 2. The standard InChI is InChI=1S/C18H22N2O/c1-4-11-20(17-8-6-5-7-16(17)19)18(21)15-10-9-13(2)12-14(15)3/h5-10,12H,4,11,19H2,1-3H3. The molecule has 3 nitrogen and oxygen atoms in total. The summed E-state index contributed by atoms with van der Waals surface area (Å²) in [5.41, 5.74) is 10.3. The van der Waals surface area contributed by atoms with Gasteiger partial charge in [0.2, 0.25) is 0 Å². The Kier molecular flexibility index (Phi) is 4.63. The summed E-state index contributed by atoms with van der Waals surface area (Å²) in [6, 6.07) is 13.4. The van der Waals surface area contributed by atoms with Gasteiger partial charge >= 0.3 is 0 Å². The summed E-state index contributed by atoms with van der Waals surface area (Å²) in [4.78, 5) is 14.7. The number of amides is 1. The molecule has 0 saturated heterocycles. The number of rotatable bonds is 4. The Morgan fingerprint density at radius 2 is 1.86 bits per heavy atom. The van der Waals surface area contributed by atoms with E-state index in [4.69, 9.17) is 5.73 Å². The van der Waals surface area contributed by atoms with E-state index in [1.165, 1.54) is 0 Å². The van der Waals surface area contributed by atoms with Crippen molar-refractivity contribution in [2.24, 2.45) is 0 Å². The van der Waals surface area contributed by atoms with Gasteiger partial charge in [0.05, 0.1) is 11.4 Å². The zero-order valence-electron chi connectivity index (χ0n) is 12.9. The van der Waals surface area contributed by atoms with Gasteiger partial charge in [-0.25, -0.2) is 0 Å². The third-order valence-electron chi connectivity index (χ3n) is 3.53. The number of nitrogens with two attached hydrogens (primary N) is 1. The van der Waals surface area contributed by atoms with Crippen molar-refractivity contribution in [1.29, 1.82) is 0 Å². The molecule has 0 aliphatic carbocycles. The van der Waals surface area contributed by atoms with E-state index in [1.807, 2.05) is 56.3 Å². The lowest BCUT2D eigenvalue weighted by Gasteiger charge is -2.24. The smallest absolute Gasteiger partial charge is 0.258 e. The number of hydrogen-bond donors (Lipinski definition) is 1. The van der Waals surface area contributed by atoms with Gasteiger partial charge in [-0.2, -0.15) is 0 Å². The molecule has 0 aromatic heterocycles. The van der Waals surface area contributed by atoms with E-state index in [2.05, 4.69) is 6.92 Å². The van der Waals surface area contributed by atoms with E-state index >= 15 is 0 Å². The van der Waals surface area contributed by atoms with Crippen molar-refractivity contribution in [2.45, 2.75) is 27.2 Å². The van der Waals surface area contributed by atoms with Gasteiger partial charge in [0, 0.05) is 12.1 Å². The Morgan fingerprint density at radius 1 is 1.14 bits per heavy atom. The van der Waals surface area contributed by atoms with Gasteiger partial charge in [-0.3, -0.25) is 4.79 Å². The fourth-order valence-corrected chi connectivity index (χ4v) is 2.49. The molecule has 2 rings (SSSR count). The number of carbonyl (C=O) groups is 1. The molecular formula is C18H22N2O. The Balaban J connectivity index is 2.43. The molecule has 0 fully saturated rings. The highest BCUT2D eigenvalue weighted by atomic mass is 16.2. The summed E-state index contributed by atoms with van der Waals surface area (Å²) in [7, 11) is 0. The maximum Gasteiger partial charge on any atom is 0.258 e. The van der Waals surface area contributed by atoms with Crippen LogP contribution in [0, 0.1) is 13.8 Å². The minimum absolute atomic E-state index is 0.00671. The van der Waals surface area contributed by atoms with Gasteiger partial charge in [-0.1, -0.05) is 36.8 Å². The zero-order valence-corrected chi connectivity index (χ0v) is 12.9. The van der Waals surface area contributed by atoms with Crippen LogP contribution in [0.4, 0.5) is 11.4 Å². The summed E-state index contributed by atoms with van der Waals surface area (Å²) < 4.78 is 0. The first-order chi connectivity index (χ1) is 10.0. The lowest BCUT2D eigenvalue weighted by Crippen LogP contribution is -2.32. The van der Waals surface area contributed by atoms with Crippen LogP contribution in [0.3, 0.4) is 0 Å². The molecule has 2 aromatic rings. The van der Waals surface area contributed by atoms with Crippen molar-refractivity contribution >= 4 is 17.3 Å². The van der Waals surface area contributed by atoms with Gasteiger partial charge in [0.1, 0.15) is 0 Å². The number of carbonyl (C=O) groups excluding carboxylic acids is 1. The number of para-hydroxylation sites is 2. The molecule has 3 heteroatoms. The van der Waals surface area contributed by atoms with Crippen molar-refractivity contribution < 1.29 is 4.79 Å². The zero-order chi connectivity index (χ0) is 15.4. The van der Waals surface area contributed by atoms with Crippen molar-refractivity contribution in [3.63, 3.8) is 0 Å². The maximum absolute atomic E-state index is 12.9. The van der Waals surface area contributed by atoms with Crippen LogP contribution in [0.5, 0.6) is 0 Å². The summed E-state index contributed by atoms with van der Waals surface area (Å²) in [5, 5.41) is 0. The van der Waals surface area contributed by atoms with E-state index in [1.54, 1.807) is 4.90 Å². The Bertz CT molecular complexity index is 649. The van der Waals surface area contributed by atoms with E-state index in [9.17, 15) is 4.79 Å². The van der Waals surface area contributed by atoms with Gasteiger partial charge in [-0.15, -0.1) is 0 Å². The monoisotopic (exact) mass is 282 g/mol. The molecule has 0 spiro atoms. The minimum Gasteiger partial charge on any atom is -0.397 e. The van der Waals surface area contributed by atoms with Crippen LogP contribution >= 0.6 is 0 Å². The van der Waals surface area contributed by atoms with Gasteiger partial charge in [0.25, 0.3) is 5.91 Å². The molecule has 2 aromatic carbocycles. The first kappa shape index (κ1) is 15.1. The van der Waals surface area contributed by atoms with Crippen molar-refractivity contribution in [3.8, 4) is 0 Å². The highest BCUT2D eigenvalue weighted by Gasteiger charge is 2.20. The average Bonchev–Trinajstić information content (AvgIpc) is 2.45. The molecule has 110 valence electrons. The third kappa shape index (κ3) is 3.24. The number of hydrogen-bond acceptors (Lipinski definition) is 2. The van der Waals surface area contributed by atoms with Crippen molar-refractivity contribution in [2.75, 3.05) is 17.2 Å². The van der Waals surface area contributed by atoms with Crippen molar-refractivity contribution in [3.05, 3.63) is 59.2 Å². The third-order valence-corrected chi connectivity index (χ3v) is 3.53. The van der Waals surface area contributed by atoms with Crippen LogP contribution < -0.4 is 10.6 Å². The molecule has 0 aliphatic rings. The van der Waals surface area contributed by atoms with Crippen LogP contribution in [0.2, 0.25) is 0 Å². The quantitative estimate of drug-likeness (QED) is 0.863. The van der Waals surface area contributed by atoms with Crippen LogP contribution in [-0.2, 0) is 0 Å². The number of nitrogen functional groups attached to an aromatic ring is 1. The first-order valence-electron chi connectivity index (χ1n) is 7.28. The maximum atomic E-state index is 12.9. The molecule has 0 saturated carbocycles. The highest BCUT2D eigenvalue weighted by Crippen LogP contribution is 2.25. The largest absolute Gasteiger partial charge is 0.397 e. The molecule has 0 aliphatic heterocycles. The van der Waals surface area contributed by atoms with E-state index in [-0.39, 0.29) is 5.91 Å². The summed E-state index contributed by atoms with van der Waals surface area (Å²) in [5.74, 6) is 0.00671. The Hall–Kier alpha value is -2.29. The number of nitrogens with zero attached hydrogens (tertiary/aromatic N) is 1. The molecular weight excluding hydrogens is 260 g/mol. The molecule has 0 unspecified atom stereocenters. The number of benzene rings is 2. The van der Waals surface area contributed by atoms with Gasteiger partial charge in [0.15, 0.2) is 0 Å². The second-order valence-electron chi connectivity index (χ2n) is 5.33. The van der Waals surface area contributed by atoms with Gasteiger partial charge < -0.3 is 10.6 Å². The molecule has 21 heavy (non-hydrogen) atoms. The summed E-state index contributed by atoms with van der Waals surface area (Å²) in [6.07, 6.45) is 0.880.